The van der Waals surface area contributed by atoms with Gasteiger partial charge in [-0.05, 0) is 19.8 Å². The van der Waals surface area contributed by atoms with Crippen LogP contribution in [0.1, 0.15) is 53.4 Å². The van der Waals surface area contributed by atoms with E-state index < -0.39 is 52.4 Å². The van der Waals surface area contributed by atoms with Crippen molar-refractivity contribution >= 4 is 11.9 Å². The summed E-state index contributed by atoms with van der Waals surface area (Å²) in [6, 6.07) is 0. The number of rotatable bonds is 0. The minimum Gasteiger partial charge on any atom is -0.426 e. The highest BCUT2D eigenvalue weighted by Gasteiger charge is 2.76. The highest BCUT2D eigenvalue weighted by molar-refractivity contribution is 5.98. The number of aliphatic hydroxyl groups excluding tert-OH is 1. The quantitative estimate of drug-likeness (QED) is 0.607. The summed E-state index contributed by atoms with van der Waals surface area (Å²) < 4.78 is 17.2. The molecular weight excluding hydrogens is 364 g/mol. The standard InChI is InChI=1S/C21H28O7/c1-10-5-6-21-16(27-17(24)28-21)15-19(4,8-11(22)14(10)18(21,2)3)12(23)7-13-20(15,25)9-26-13/h12-13,15-16,23,25H,5-9H2,1-4H3/t12-,13+,15-,16-,19+,20-,21+/m0/s1. The number of allylic oxidation sites excluding steroid dienone is 1. The molecule has 154 valence electrons. The van der Waals surface area contributed by atoms with Gasteiger partial charge in [0.1, 0.15) is 5.60 Å². The molecule has 0 amide bonds. The molecule has 2 saturated heterocycles. The van der Waals surface area contributed by atoms with Crippen LogP contribution in [0.25, 0.3) is 0 Å². The first-order valence-electron chi connectivity index (χ1n) is 10.1. The van der Waals surface area contributed by atoms with Crippen LogP contribution < -0.4 is 0 Å². The van der Waals surface area contributed by atoms with Crippen LogP contribution in [-0.4, -0.2) is 58.3 Å². The maximum absolute atomic E-state index is 13.5. The lowest BCUT2D eigenvalue weighted by Gasteiger charge is -2.65. The summed E-state index contributed by atoms with van der Waals surface area (Å²) in [5.74, 6) is -0.700. The molecule has 5 rings (SSSR count). The first kappa shape index (κ1) is 18.6. The molecule has 2 N–H and O–H groups in total. The van der Waals surface area contributed by atoms with Crippen molar-refractivity contribution in [1.29, 1.82) is 0 Å². The van der Waals surface area contributed by atoms with Gasteiger partial charge in [-0.15, -0.1) is 0 Å². The predicted molar refractivity (Wildman–Crippen MR) is 96.3 cm³/mol. The van der Waals surface area contributed by atoms with Gasteiger partial charge in [-0.2, -0.15) is 0 Å². The van der Waals surface area contributed by atoms with E-state index in [9.17, 15) is 19.8 Å². The van der Waals surface area contributed by atoms with Crippen molar-refractivity contribution in [3.63, 3.8) is 0 Å². The van der Waals surface area contributed by atoms with Crippen LogP contribution in [0.2, 0.25) is 0 Å². The van der Waals surface area contributed by atoms with Gasteiger partial charge in [-0.25, -0.2) is 4.79 Å². The fourth-order valence-electron chi connectivity index (χ4n) is 7.04. The minimum atomic E-state index is -1.26. The Labute approximate surface area is 164 Å². The topological polar surface area (TPSA) is 102 Å². The average Bonchev–Trinajstić information content (AvgIpc) is 2.91. The molecule has 7 atom stereocenters. The molecule has 0 unspecified atom stereocenters. The van der Waals surface area contributed by atoms with Gasteiger partial charge in [0.05, 0.1) is 18.8 Å². The Morgan fingerprint density at radius 3 is 2.54 bits per heavy atom. The normalized spacial score (nSPS) is 51.6. The van der Waals surface area contributed by atoms with Crippen LogP contribution in [0.3, 0.4) is 0 Å². The van der Waals surface area contributed by atoms with E-state index in [1.54, 1.807) is 0 Å². The molecule has 0 aromatic carbocycles. The number of carbonyl (C=O) groups excluding carboxylic acids is 2. The summed E-state index contributed by atoms with van der Waals surface area (Å²) in [5.41, 5.74) is -2.36. The van der Waals surface area contributed by atoms with Crippen molar-refractivity contribution in [2.24, 2.45) is 16.7 Å². The van der Waals surface area contributed by atoms with Crippen LogP contribution in [0.4, 0.5) is 4.79 Å². The van der Waals surface area contributed by atoms with E-state index in [2.05, 4.69) is 0 Å². The zero-order valence-corrected chi connectivity index (χ0v) is 16.8. The third kappa shape index (κ3) is 1.86. The van der Waals surface area contributed by atoms with Crippen molar-refractivity contribution in [3.8, 4) is 0 Å². The van der Waals surface area contributed by atoms with Gasteiger partial charge in [-0.1, -0.05) is 26.3 Å². The van der Waals surface area contributed by atoms with E-state index >= 15 is 0 Å². The summed E-state index contributed by atoms with van der Waals surface area (Å²) in [5, 5.41) is 22.6. The highest BCUT2D eigenvalue weighted by atomic mass is 16.8. The Kier molecular flexibility index (Phi) is 3.44. The van der Waals surface area contributed by atoms with E-state index in [1.807, 2.05) is 27.7 Å². The second-order valence-electron chi connectivity index (χ2n) is 10.2. The molecule has 2 saturated carbocycles. The van der Waals surface area contributed by atoms with E-state index in [1.165, 1.54) is 0 Å². The van der Waals surface area contributed by atoms with Crippen LogP contribution in [0.5, 0.6) is 0 Å². The first-order valence-corrected chi connectivity index (χ1v) is 10.1. The number of carbonyl (C=O) groups is 2. The van der Waals surface area contributed by atoms with E-state index in [0.717, 1.165) is 5.57 Å². The average molecular weight is 392 g/mol. The number of hydrogen-bond donors (Lipinski definition) is 2. The second kappa shape index (κ2) is 5.18. The lowest BCUT2D eigenvalue weighted by atomic mass is 9.45. The fraction of sp³-hybridized carbons (Fsp3) is 0.810. The Bertz CT molecular complexity index is 816. The number of hydrogen-bond acceptors (Lipinski definition) is 7. The fourth-order valence-corrected chi connectivity index (χ4v) is 7.04. The zero-order valence-electron chi connectivity index (χ0n) is 16.8. The Morgan fingerprint density at radius 1 is 1.18 bits per heavy atom. The smallest absolute Gasteiger partial charge is 0.426 e. The lowest BCUT2D eigenvalue weighted by molar-refractivity contribution is -0.338. The Hall–Kier alpha value is -1.44. The lowest BCUT2D eigenvalue weighted by Crippen LogP contribution is -2.77. The summed E-state index contributed by atoms with van der Waals surface area (Å²) in [6.07, 6.45) is -1.43. The third-order valence-electron chi connectivity index (χ3n) is 8.57. The molecule has 1 spiro atoms. The Morgan fingerprint density at radius 2 is 1.89 bits per heavy atom. The molecule has 3 aliphatic carbocycles. The van der Waals surface area contributed by atoms with Crippen LogP contribution in [-0.2, 0) is 19.0 Å². The van der Waals surface area contributed by atoms with Crippen LogP contribution >= 0.6 is 0 Å². The second-order valence-corrected chi connectivity index (χ2v) is 10.2. The third-order valence-corrected chi connectivity index (χ3v) is 8.57. The van der Waals surface area contributed by atoms with E-state index in [-0.39, 0.29) is 25.2 Å². The van der Waals surface area contributed by atoms with E-state index in [0.29, 0.717) is 18.4 Å². The van der Waals surface area contributed by atoms with Gasteiger partial charge in [0, 0.05) is 35.2 Å². The zero-order chi connectivity index (χ0) is 20.3. The SMILES string of the molecule is CC1=C2C(=O)C[C@]3(C)[C@@H](O)C[C@H]4OC[C@@]4(O)[C@H]3[C@@H]3OC(=O)O[C@@]3(CC1)C2(C)C. The van der Waals surface area contributed by atoms with Crippen molar-refractivity contribution in [3.05, 3.63) is 11.1 Å². The Balaban J connectivity index is 1.78. The van der Waals surface area contributed by atoms with Gasteiger partial charge < -0.3 is 24.4 Å². The highest BCUT2D eigenvalue weighted by Crippen LogP contribution is 2.65. The molecule has 2 heterocycles. The molecule has 7 heteroatoms. The van der Waals surface area contributed by atoms with Crippen LogP contribution in [0.15, 0.2) is 11.1 Å². The molecule has 0 aromatic rings. The number of fused-ring (bicyclic) bond motifs is 5. The molecule has 4 fully saturated rings. The number of aliphatic hydroxyl groups is 2. The number of ketones is 1. The van der Waals surface area contributed by atoms with Crippen molar-refractivity contribution in [2.75, 3.05) is 6.61 Å². The van der Waals surface area contributed by atoms with Crippen LogP contribution in [0, 0.1) is 16.7 Å². The van der Waals surface area contributed by atoms with Gasteiger partial charge in [0.15, 0.2) is 17.5 Å². The summed E-state index contributed by atoms with van der Waals surface area (Å²) in [4.78, 5) is 26.0. The molecule has 2 aliphatic heterocycles. The van der Waals surface area contributed by atoms with Gasteiger partial charge in [0.2, 0.25) is 0 Å². The number of Topliss-reactive ketones (excluding diaryl/α,β-unsaturated/α-hetero) is 1. The summed E-state index contributed by atoms with van der Waals surface area (Å²) >= 11 is 0. The van der Waals surface area contributed by atoms with Crippen molar-refractivity contribution < 1.29 is 34.0 Å². The maximum atomic E-state index is 13.5. The molecule has 0 aromatic heterocycles. The van der Waals surface area contributed by atoms with Crippen molar-refractivity contribution in [2.45, 2.75) is 82.9 Å². The predicted octanol–water partition coefficient (Wildman–Crippen LogP) is 1.89. The monoisotopic (exact) mass is 392 g/mol. The molecule has 7 nitrogen and oxygen atoms in total. The van der Waals surface area contributed by atoms with Gasteiger partial charge >= 0.3 is 6.16 Å². The first-order chi connectivity index (χ1) is 13.0. The summed E-state index contributed by atoms with van der Waals surface area (Å²) in [6.45, 7) is 7.75. The van der Waals surface area contributed by atoms with Crippen molar-refractivity contribution in [1.82, 2.24) is 0 Å². The minimum absolute atomic E-state index is 0.0446. The molecule has 28 heavy (non-hydrogen) atoms. The van der Waals surface area contributed by atoms with Gasteiger partial charge in [0.25, 0.3) is 0 Å². The van der Waals surface area contributed by atoms with Gasteiger partial charge in [-0.3, -0.25) is 4.79 Å². The maximum Gasteiger partial charge on any atom is 0.509 e. The summed E-state index contributed by atoms with van der Waals surface area (Å²) in [7, 11) is 0. The molecule has 5 aliphatic rings. The number of ether oxygens (including phenoxy) is 3. The van der Waals surface area contributed by atoms with E-state index in [4.69, 9.17) is 14.2 Å². The molecule has 2 bridgehead atoms. The largest absolute Gasteiger partial charge is 0.509 e. The molecular formula is C21H28O7. The molecule has 0 radical (unpaired) electrons.